The van der Waals surface area contributed by atoms with Crippen molar-refractivity contribution in [1.82, 2.24) is 19.5 Å². The van der Waals surface area contributed by atoms with Crippen LogP contribution in [0.3, 0.4) is 0 Å². The highest BCUT2D eigenvalue weighted by Crippen LogP contribution is 2.57. The quantitative estimate of drug-likeness (QED) is 0.312. The highest BCUT2D eigenvalue weighted by atomic mass is 79.9. The lowest BCUT2D eigenvalue weighted by Gasteiger charge is -2.30. The summed E-state index contributed by atoms with van der Waals surface area (Å²) in [6.07, 6.45) is 1.11. The van der Waals surface area contributed by atoms with Gasteiger partial charge in [0, 0.05) is 18.8 Å². The molecule has 0 bridgehead atoms. The highest BCUT2D eigenvalue weighted by Gasteiger charge is 2.54. The lowest BCUT2D eigenvalue weighted by Crippen LogP contribution is -2.44. The molecule has 5 rings (SSSR count). The first-order chi connectivity index (χ1) is 16.2. The number of pyridine rings is 1. The van der Waals surface area contributed by atoms with Gasteiger partial charge in [-0.1, -0.05) is 0 Å². The first-order valence-corrected chi connectivity index (χ1v) is 12.8. The highest BCUT2D eigenvalue weighted by molar-refractivity contribution is 9.10. The fourth-order valence-corrected chi connectivity index (χ4v) is 5.92. The third kappa shape index (κ3) is 4.27. The molecule has 6 atom stereocenters. The number of aliphatic hydroxyl groups excluding tert-OH is 1. The molecule has 4 N–H and O–H groups in total. The van der Waals surface area contributed by atoms with Crippen molar-refractivity contribution in [2.45, 2.75) is 43.5 Å². The molecule has 0 aliphatic carbocycles. The maximum Gasteiger partial charge on any atom is 0.475 e. The summed E-state index contributed by atoms with van der Waals surface area (Å²) >= 11 is 3.31. The zero-order valence-electron chi connectivity index (χ0n) is 18.0. The van der Waals surface area contributed by atoms with Crippen molar-refractivity contribution >= 4 is 40.6 Å². The van der Waals surface area contributed by atoms with Gasteiger partial charge in [0.15, 0.2) is 6.23 Å². The third-order valence-electron chi connectivity index (χ3n) is 5.95. The molecule has 0 aromatic carbocycles. The molecular formula is C20H23BrN5O7P. The topological polar surface area (TPSA) is 164 Å². The van der Waals surface area contributed by atoms with Crippen LogP contribution in [-0.2, 0) is 22.9 Å². The lowest BCUT2D eigenvalue weighted by molar-refractivity contribution is -0.0950. The Morgan fingerprint density at radius 1 is 1.38 bits per heavy atom. The van der Waals surface area contributed by atoms with Crippen LogP contribution in [0.25, 0.3) is 11.0 Å². The number of aliphatic hydroxyl groups is 2. The van der Waals surface area contributed by atoms with Crippen LogP contribution in [0, 0.1) is 0 Å². The molecule has 3 aromatic heterocycles. The van der Waals surface area contributed by atoms with Crippen LogP contribution in [0.2, 0.25) is 0 Å². The van der Waals surface area contributed by atoms with Gasteiger partial charge in [0.25, 0.3) is 0 Å². The van der Waals surface area contributed by atoms with E-state index < -0.39 is 38.0 Å². The zero-order chi connectivity index (χ0) is 24.1. The summed E-state index contributed by atoms with van der Waals surface area (Å²) in [4.78, 5) is 12.2. The van der Waals surface area contributed by atoms with Crippen molar-refractivity contribution in [3.05, 3.63) is 47.1 Å². The van der Waals surface area contributed by atoms with Gasteiger partial charge >= 0.3 is 7.82 Å². The number of anilines is 1. The van der Waals surface area contributed by atoms with E-state index in [4.69, 9.17) is 24.0 Å². The molecule has 0 unspecified atom stereocenters. The van der Waals surface area contributed by atoms with E-state index in [1.165, 1.54) is 13.3 Å². The molecule has 2 aliphatic heterocycles. The maximum atomic E-state index is 13.1. The summed E-state index contributed by atoms with van der Waals surface area (Å²) in [6, 6.07) is 5.22. The van der Waals surface area contributed by atoms with E-state index in [-0.39, 0.29) is 19.0 Å². The van der Waals surface area contributed by atoms with E-state index in [1.807, 2.05) is 0 Å². The second-order valence-electron chi connectivity index (χ2n) is 8.29. The Morgan fingerprint density at radius 2 is 2.21 bits per heavy atom. The van der Waals surface area contributed by atoms with Crippen molar-refractivity contribution in [2.24, 2.45) is 0 Å². The molecule has 182 valence electrons. The van der Waals surface area contributed by atoms with Crippen molar-refractivity contribution in [3.63, 3.8) is 0 Å². The average Bonchev–Trinajstić information content (AvgIpc) is 3.32. The number of nitrogens with zero attached hydrogens (tertiary/aromatic N) is 4. The second-order valence-corrected chi connectivity index (χ2v) is 10.7. The van der Waals surface area contributed by atoms with E-state index in [9.17, 15) is 14.8 Å². The van der Waals surface area contributed by atoms with Gasteiger partial charge in [-0.2, -0.15) is 0 Å². The molecule has 0 spiro atoms. The minimum atomic E-state index is -3.95. The third-order valence-corrected chi connectivity index (χ3v) is 7.86. The zero-order valence-corrected chi connectivity index (χ0v) is 20.5. The fraction of sp³-hybridized carbons (Fsp3) is 0.450. The first-order valence-electron chi connectivity index (χ1n) is 10.5. The van der Waals surface area contributed by atoms with Crippen LogP contribution in [0.15, 0.2) is 41.5 Å². The van der Waals surface area contributed by atoms with Gasteiger partial charge in [-0.05, 0) is 46.6 Å². The van der Waals surface area contributed by atoms with Gasteiger partial charge in [0.05, 0.1) is 24.7 Å². The van der Waals surface area contributed by atoms with Crippen molar-refractivity contribution in [3.8, 4) is 0 Å². The Balaban J connectivity index is 1.31. The Labute approximate surface area is 202 Å². The summed E-state index contributed by atoms with van der Waals surface area (Å²) in [5.74, 6) is 0.280. The number of hydrogen-bond donors (Lipinski definition) is 3. The van der Waals surface area contributed by atoms with Gasteiger partial charge in [0.2, 0.25) is 0 Å². The number of nitrogens with two attached hydrogens (primary N) is 1. The van der Waals surface area contributed by atoms with Gasteiger partial charge in [-0.25, -0.2) is 19.5 Å². The number of hydrogen-bond acceptors (Lipinski definition) is 11. The smallest absolute Gasteiger partial charge is 0.387 e. The molecule has 5 heterocycles. The SMILES string of the molecule is C[C@@]1(O)[C@H](O)[C@@H](CO[P@@]2(=O)OCC[C@@H](c3ccnc(Br)c3)O2)O[C@H]1n1ccc2c(N)ncnc21. The molecule has 2 fully saturated rings. The van der Waals surface area contributed by atoms with Gasteiger partial charge in [-0.3, -0.25) is 13.6 Å². The molecular weight excluding hydrogens is 533 g/mol. The summed E-state index contributed by atoms with van der Waals surface area (Å²) in [5.41, 5.74) is 5.39. The molecule has 14 heteroatoms. The molecule has 2 saturated heterocycles. The number of rotatable bonds is 5. The number of fused-ring (bicyclic) bond motifs is 1. The Kier molecular flexibility index (Phi) is 6.23. The molecule has 34 heavy (non-hydrogen) atoms. The minimum absolute atomic E-state index is 0.160. The summed E-state index contributed by atoms with van der Waals surface area (Å²) < 4.78 is 37.7. The summed E-state index contributed by atoms with van der Waals surface area (Å²) in [5, 5.41) is 22.4. The first kappa shape index (κ1) is 23.8. The van der Waals surface area contributed by atoms with Gasteiger partial charge < -0.3 is 25.3 Å². The van der Waals surface area contributed by atoms with Crippen molar-refractivity contribution in [2.75, 3.05) is 18.9 Å². The summed E-state index contributed by atoms with van der Waals surface area (Å²) in [6.45, 7) is 1.26. The van der Waals surface area contributed by atoms with Crippen molar-refractivity contribution in [1.29, 1.82) is 0 Å². The predicted molar refractivity (Wildman–Crippen MR) is 122 cm³/mol. The van der Waals surface area contributed by atoms with E-state index in [0.717, 1.165) is 5.56 Å². The molecule has 3 aromatic rings. The molecule has 2 aliphatic rings. The largest absolute Gasteiger partial charge is 0.475 e. The van der Waals surface area contributed by atoms with E-state index in [0.29, 0.717) is 22.1 Å². The fourth-order valence-electron chi connectivity index (χ4n) is 4.15. The number of phosphoric ester groups is 1. The van der Waals surface area contributed by atoms with Gasteiger partial charge in [0.1, 0.15) is 40.2 Å². The van der Waals surface area contributed by atoms with Crippen LogP contribution < -0.4 is 5.73 Å². The molecule has 0 saturated carbocycles. The molecule has 0 amide bonds. The Morgan fingerprint density at radius 3 is 3.00 bits per heavy atom. The average molecular weight is 556 g/mol. The number of phosphoric acid groups is 1. The summed E-state index contributed by atoms with van der Waals surface area (Å²) in [7, 11) is -3.95. The molecule has 12 nitrogen and oxygen atoms in total. The van der Waals surface area contributed by atoms with Crippen LogP contribution in [0.1, 0.15) is 31.2 Å². The lowest BCUT2D eigenvalue weighted by atomic mass is 9.96. The second kappa shape index (κ2) is 8.92. The van der Waals surface area contributed by atoms with Crippen LogP contribution in [0.4, 0.5) is 5.82 Å². The Bertz CT molecular complexity index is 1260. The van der Waals surface area contributed by atoms with Crippen LogP contribution >= 0.6 is 23.8 Å². The van der Waals surface area contributed by atoms with Crippen LogP contribution in [-0.4, -0.2) is 60.8 Å². The normalized spacial score (nSPS) is 34.0. The number of nitrogen functional groups attached to an aromatic ring is 1. The maximum absolute atomic E-state index is 13.1. The van der Waals surface area contributed by atoms with Crippen molar-refractivity contribution < 1.29 is 33.1 Å². The van der Waals surface area contributed by atoms with Gasteiger partial charge in [-0.15, -0.1) is 0 Å². The van der Waals surface area contributed by atoms with E-state index in [2.05, 4.69) is 30.9 Å². The number of halogens is 1. The predicted octanol–water partition coefficient (Wildman–Crippen LogP) is 2.48. The van der Waals surface area contributed by atoms with E-state index in [1.54, 1.807) is 35.2 Å². The van der Waals surface area contributed by atoms with E-state index >= 15 is 0 Å². The number of aromatic nitrogens is 4. The molecule has 0 radical (unpaired) electrons. The number of ether oxygens (including phenoxy) is 1. The standard InChI is InChI=1S/C20H23BrN5O7P/c1-20(28)16(27)14(32-19(20)26-6-3-12-17(22)24-10-25-18(12)26)9-31-34(29)30-7-4-13(33-34)11-2-5-23-15(21)8-11/h2-3,5-6,8,10,13-14,16,19,27-28H,4,7,9H2,1H3,(H2,22,24,25)/t13-,14+,16+,19+,20+,34+/m0/s1. The Hall–Kier alpha value is -1.96. The minimum Gasteiger partial charge on any atom is -0.387 e. The van der Waals surface area contributed by atoms with Crippen LogP contribution in [0.5, 0.6) is 0 Å². The monoisotopic (exact) mass is 555 g/mol.